The third kappa shape index (κ3) is 10.1. The zero-order chi connectivity index (χ0) is 22.0. The molecule has 0 radical (unpaired) electrons. The van der Waals surface area contributed by atoms with Gasteiger partial charge in [0.05, 0.1) is 32.5 Å². The minimum atomic E-state index is -2.94. The zero-order valence-corrected chi connectivity index (χ0v) is 20.5. The van der Waals surface area contributed by atoms with Crippen LogP contribution < -0.4 is 20.1 Å². The summed E-state index contributed by atoms with van der Waals surface area (Å²) in [6.45, 7) is 5.42. The molecule has 1 aliphatic rings. The highest BCUT2D eigenvalue weighted by atomic mass is 127. The van der Waals surface area contributed by atoms with Crippen LogP contribution in [0.15, 0.2) is 23.2 Å². The Bertz CT molecular complexity index is 689. The van der Waals surface area contributed by atoms with Crippen LogP contribution in [-0.2, 0) is 11.3 Å². The highest BCUT2D eigenvalue weighted by Gasteiger charge is 2.25. The van der Waals surface area contributed by atoms with Gasteiger partial charge in [-0.1, -0.05) is 6.07 Å². The maximum atomic E-state index is 12.6. The molecule has 1 heterocycles. The molecule has 1 saturated heterocycles. The van der Waals surface area contributed by atoms with E-state index in [9.17, 15) is 13.9 Å². The lowest BCUT2D eigenvalue weighted by atomic mass is 10.1. The van der Waals surface area contributed by atoms with Gasteiger partial charge in [-0.05, 0) is 31.5 Å². The van der Waals surface area contributed by atoms with Crippen LogP contribution in [0.1, 0.15) is 19.4 Å². The van der Waals surface area contributed by atoms with Crippen LogP contribution in [0.3, 0.4) is 0 Å². The number of methoxy groups -OCH3 is 1. The second kappa shape index (κ2) is 13.9. The second-order valence-electron chi connectivity index (χ2n) is 7.30. The van der Waals surface area contributed by atoms with Crippen LogP contribution in [-0.4, -0.2) is 81.2 Å². The molecule has 2 rings (SSSR count). The predicted molar refractivity (Wildman–Crippen MR) is 126 cm³/mol. The molecule has 31 heavy (non-hydrogen) atoms. The highest BCUT2D eigenvalue weighted by Crippen LogP contribution is 2.29. The number of halogens is 3. The first-order valence-corrected chi connectivity index (χ1v) is 9.99. The molecule has 1 fully saturated rings. The fraction of sp³-hybridized carbons (Fsp3) is 0.650. The van der Waals surface area contributed by atoms with E-state index in [-0.39, 0.29) is 42.0 Å². The van der Waals surface area contributed by atoms with E-state index in [0.29, 0.717) is 44.4 Å². The number of β-amino-alcohol motifs (C(OH)–C–C–N with tert-alkyl or cyclic N) is 1. The summed E-state index contributed by atoms with van der Waals surface area (Å²) in [4.78, 5) is 6.64. The van der Waals surface area contributed by atoms with E-state index in [1.807, 2.05) is 6.92 Å². The molecule has 3 N–H and O–H groups in total. The molecule has 8 nitrogen and oxygen atoms in total. The van der Waals surface area contributed by atoms with Crippen molar-refractivity contribution in [2.45, 2.75) is 32.6 Å². The van der Waals surface area contributed by atoms with Crippen molar-refractivity contribution in [1.29, 1.82) is 0 Å². The molecule has 1 aromatic rings. The quantitative estimate of drug-likeness (QED) is 0.230. The maximum Gasteiger partial charge on any atom is 0.387 e. The monoisotopic (exact) mass is 558 g/mol. The summed E-state index contributed by atoms with van der Waals surface area (Å²) in [5.74, 6) is 0.714. The van der Waals surface area contributed by atoms with Crippen molar-refractivity contribution in [2.75, 3.05) is 53.0 Å². The minimum absolute atomic E-state index is 0. The highest BCUT2D eigenvalue weighted by molar-refractivity contribution is 14.0. The molecule has 178 valence electrons. The van der Waals surface area contributed by atoms with Crippen LogP contribution in [0.5, 0.6) is 11.5 Å². The molecule has 0 aliphatic carbocycles. The van der Waals surface area contributed by atoms with Crippen LogP contribution in [0.25, 0.3) is 0 Å². The lowest BCUT2D eigenvalue weighted by molar-refractivity contribution is -0.0512. The Balaban J connectivity index is 0.00000480. The summed E-state index contributed by atoms with van der Waals surface area (Å²) in [5.41, 5.74) is -0.268. The van der Waals surface area contributed by atoms with Crippen molar-refractivity contribution >= 4 is 29.9 Å². The van der Waals surface area contributed by atoms with Gasteiger partial charge in [-0.25, -0.2) is 4.99 Å². The number of nitrogens with zero attached hydrogens (tertiary/aromatic N) is 2. The first-order chi connectivity index (χ1) is 14.3. The van der Waals surface area contributed by atoms with Crippen LogP contribution in [0, 0.1) is 0 Å². The molecular formula is C20H33F2IN4O4. The van der Waals surface area contributed by atoms with Gasteiger partial charge in [0.15, 0.2) is 17.5 Å². The number of rotatable bonds is 10. The van der Waals surface area contributed by atoms with Crippen molar-refractivity contribution < 1.29 is 28.1 Å². The summed E-state index contributed by atoms with van der Waals surface area (Å²) in [6, 6.07) is 4.78. The summed E-state index contributed by atoms with van der Waals surface area (Å²) < 4.78 is 40.1. The van der Waals surface area contributed by atoms with E-state index in [1.54, 1.807) is 19.1 Å². The number of aliphatic imine (C=N–C) groups is 1. The van der Waals surface area contributed by atoms with E-state index in [2.05, 4.69) is 25.3 Å². The van der Waals surface area contributed by atoms with E-state index < -0.39 is 12.2 Å². The van der Waals surface area contributed by atoms with Crippen molar-refractivity contribution in [1.82, 2.24) is 15.5 Å². The predicted octanol–water partition coefficient (Wildman–Crippen LogP) is 2.05. The molecule has 0 aromatic heterocycles. The summed E-state index contributed by atoms with van der Waals surface area (Å²) in [7, 11) is 1.39. The van der Waals surface area contributed by atoms with E-state index in [0.717, 1.165) is 13.1 Å². The van der Waals surface area contributed by atoms with Crippen LogP contribution in [0.2, 0.25) is 0 Å². The third-order valence-electron chi connectivity index (χ3n) is 4.51. The third-order valence-corrected chi connectivity index (χ3v) is 4.51. The topological polar surface area (TPSA) is 87.6 Å². The Labute approximate surface area is 199 Å². The molecule has 1 aliphatic heterocycles. The molecule has 0 bridgehead atoms. The Morgan fingerprint density at radius 2 is 2.00 bits per heavy atom. The van der Waals surface area contributed by atoms with Crippen LogP contribution >= 0.6 is 24.0 Å². The summed E-state index contributed by atoms with van der Waals surface area (Å²) in [6.07, 6.45) is 0. The van der Waals surface area contributed by atoms with Crippen molar-refractivity contribution in [3.8, 4) is 11.5 Å². The molecule has 0 saturated carbocycles. The van der Waals surface area contributed by atoms with E-state index in [1.165, 1.54) is 13.2 Å². The van der Waals surface area contributed by atoms with E-state index >= 15 is 0 Å². The fourth-order valence-corrected chi connectivity index (χ4v) is 3.09. The standard InChI is InChI=1S/C20H32F2N4O4.HI/c1-4-23-19(25-13-20(2,27)14-26-7-9-29-10-8-26)24-12-15-5-6-16(28-3)17(11-15)30-18(21)22;/h5-6,11,18,27H,4,7-10,12-14H2,1-3H3,(H2,23,24,25);1H. The second-order valence-corrected chi connectivity index (χ2v) is 7.30. The molecule has 0 amide bonds. The summed E-state index contributed by atoms with van der Waals surface area (Å²) in [5, 5.41) is 17.0. The summed E-state index contributed by atoms with van der Waals surface area (Å²) >= 11 is 0. The molecular weight excluding hydrogens is 525 g/mol. The number of hydrogen-bond acceptors (Lipinski definition) is 6. The minimum Gasteiger partial charge on any atom is -0.493 e. The SMILES string of the molecule is CCNC(=NCc1ccc(OC)c(OC(F)F)c1)NCC(C)(O)CN1CCOCC1.I. The average Bonchev–Trinajstić information content (AvgIpc) is 2.70. The number of ether oxygens (including phenoxy) is 3. The number of aliphatic hydroxyl groups is 1. The lowest BCUT2D eigenvalue weighted by Gasteiger charge is -2.34. The number of hydrogen-bond donors (Lipinski definition) is 3. The van der Waals surface area contributed by atoms with Crippen molar-refractivity contribution in [3.63, 3.8) is 0 Å². The van der Waals surface area contributed by atoms with Gasteiger partial charge in [0.1, 0.15) is 0 Å². The largest absolute Gasteiger partial charge is 0.493 e. The Kier molecular flexibility index (Phi) is 12.3. The van der Waals surface area contributed by atoms with Gasteiger partial charge in [0.25, 0.3) is 0 Å². The number of guanidine groups is 1. The van der Waals surface area contributed by atoms with Crippen LogP contribution in [0.4, 0.5) is 8.78 Å². The van der Waals surface area contributed by atoms with E-state index in [4.69, 9.17) is 9.47 Å². The molecule has 1 aromatic carbocycles. The smallest absolute Gasteiger partial charge is 0.387 e. The first-order valence-electron chi connectivity index (χ1n) is 9.99. The van der Waals surface area contributed by atoms with Gasteiger partial charge in [0, 0.05) is 32.7 Å². The van der Waals surface area contributed by atoms with Crippen molar-refractivity contribution in [2.24, 2.45) is 4.99 Å². The normalized spacial score (nSPS) is 16.9. The molecule has 0 spiro atoms. The molecule has 1 atom stereocenters. The van der Waals surface area contributed by atoms with Gasteiger partial charge in [-0.3, -0.25) is 4.90 Å². The van der Waals surface area contributed by atoms with Gasteiger partial charge in [-0.15, -0.1) is 24.0 Å². The van der Waals surface area contributed by atoms with Gasteiger partial charge in [0.2, 0.25) is 0 Å². The maximum absolute atomic E-state index is 12.6. The zero-order valence-electron chi connectivity index (χ0n) is 18.2. The first kappa shape index (κ1) is 27.6. The Hall–Kier alpha value is -1.44. The molecule has 11 heteroatoms. The Morgan fingerprint density at radius 3 is 2.61 bits per heavy atom. The van der Waals surface area contributed by atoms with Gasteiger partial charge in [-0.2, -0.15) is 8.78 Å². The number of alkyl halides is 2. The number of benzene rings is 1. The van der Waals surface area contributed by atoms with Gasteiger partial charge < -0.3 is 30.0 Å². The molecule has 1 unspecified atom stereocenters. The lowest BCUT2D eigenvalue weighted by Crippen LogP contribution is -2.52. The number of nitrogens with one attached hydrogen (secondary N) is 2. The average molecular weight is 558 g/mol. The van der Waals surface area contributed by atoms with Gasteiger partial charge >= 0.3 is 6.61 Å². The number of morpholine rings is 1. The fourth-order valence-electron chi connectivity index (χ4n) is 3.09. The Morgan fingerprint density at radius 1 is 1.29 bits per heavy atom. The van der Waals surface area contributed by atoms with Crippen molar-refractivity contribution in [3.05, 3.63) is 23.8 Å².